The van der Waals surface area contributed by atoms with Crippen molar-refractivity contribution in [3.63, 3.8) is 0 Å². The lowest BCUT2D eigenvalue weighted by molar-refractivity contribution is -0.137. The van der Waals surface area contributed by atoms with Gasteiger partial charge in [0, 0.05) is 31.7 Å². The molecule has 1 aromatic heterocycles. The first-order valence-electron chi connectivity index (χ1n) is 9.77. The molecule has 4 rings (SSSR count). The molecule has 1 aliphatic rings. The highest BCUT2D eigenvalue weighted by atomic mass is 32.2. The summed E-state index contributed by atoms with van der Waals surface area (Å²) < 4.78 is 65.8. The van der Waals surface area contributed by atoms with E-state index in [4.69, 9.17) is 0 Å². The SMILES string of the molecule is O=C(c1sccc1-c1ccccc1)N1CCN(S(=O)(=O)c2cccc(C(F)(F)F)c2)CC1. The van der Waals surface area contributed by atoms with Gasteiger partial charge in [-0.2, -0.15) is 17.5 Å². The van der Waals surface area contributed by atoms with Crippen LogP contribution in [0.25, 0.3) is 11.1 Å². The molecule has 0 bridgehead atoms. The standard InChI is InChI=1S/C22H19F3N2O3S2/c23-22(24,25)17-7-4-8-18(15-17)32(29,30)27-12-10-26(11-13-27)21(28)20-19(9-14-31-20)16-5-2-1-3-6-16/h1-9,14-15H,10-13H2. The van der Waals surface area contributed by atoms with Crippen LogP contribution in [0.3, 0.4) is 0 Å². The van der Waals surface area contributed by atoms with Crippen LogP contribution in [0.5, 0.6) is 0 Å². The highest BCUT2D eigenvalue weighted by Crippen LogP contribution is 2.32. The molecule has 0 radical (unpaired) electrons. The molecule has 0 aliphatic carbocycles. The molecular formula is C22H19F3N2O3S2. The Bertz CT molecular complexity index is 1220. The zero-order valence-electron chi connectivity index (χ0n) is 16.7. The summed E-state index contributed by atoms with van der Waals surface area (Å²) in [5, 5.41) is 1.84. The minimum absolute atomic E-state index is 0.0103. The first kappa shape index (κ1) is 22.5. The molecule has 1 fully saturated rings. The van der Waals surface area contributed by atoms with E-state index in [2.05, 4.69) is 0 Å². The van der Waals surface area contributed by atoms with Gasteiger partial charge in [0.15, 0.2) is 0 Å². The fourth-order valence-corrected chi connectivity index (χ4v) is 5.93. The Balaban J connectivity index is 1.48. The average molecular weight is 481 g/mol. The molecule has 1 aliphatic heterocycles. The van der Waals surface area contributed by atoms with E-state index in [1.165, 1.54) is 11.3 Å². The fraction of sp³-hybridized carbons (Fsp3) is 0.227. The first-order valence-corrected chi connectivity index (χ1v) is 12.1. The molecule has 3 aromatic rings. The van der Waals surface area contributed by atoms with Crippen LogP contribution in [-0.4, -0.2) is 49.7 Å². The number of thiophene rings is 1. The third kappa shape index (κ3) is 4.43. The van der Waals surface area contributed by atoms with Crippen LogP contribution >= 0.6 is 11.3 Å². The number of piperazine rings is 1. The number of benzene rings is 2. The van der Waals surface area contributed by atoms with Gasteiger partial charge < -0.3 is 4.90 Å². The number of alkyl halides is 3. The van der Waals surface area contributed by atoms with Crippen LogP contribution in [-0.2, 0) is 16.2 Å². The predicted molar refractivity (Wildman–Crippen MR) is 116 cm³/mol. The van der Waals surface area contributed by atoms with Crippen LogP contribution in [0, 0.1) is 0 Å². The van der Waals surface area contributed by atoms with E-state index in [0.29, 0.717) is 10.9 Å². The maximum absolute atomic E-state index is 13.1. The number of halogens is 3. The fourth-order valence-electron chi connectivity index (χ4n) is 3.58. The van der Waals surface area contributed by atoms with E-state index in [0.717, 1.165) is 33.6 Å². The van der Waals surface area contributed by atoms with E-state index < -0.39 is 26.7 Å². The van der Waals surface area contributed by atoms with Crippen LogP contribution in [0.2, 0.25) is 0 Å². The summed E-state index contributed by atoms with van der Waals surface area (Å²) in [6, 6.07) is 15.1. The lowest BCUT2D eigenvalue weighted by Gasteiger charge is -2.34. The minimum Gasteiger partial charge on any atom is -0.335 e. The van der Waals surface area contributed by atoms with Gasteiger partial charge in [0.2, 0.25) is 10.0 Å². The Hall–Kier alpha value is -2.69. The van der Waals surface area contributed by atoms with Crippen molar-refractivity contribution in [2.45, 2.75) is 11.1 Å². The summed E-state index contributed by atoms with van der Waals surface area (Å²) >= 11 is 1.32. The highest BCUT2D eigenvalue weighted by Gasteiger charge is 2.35. The second-order valence-electron chi connectivity index (χ2n) is 7.25. The van der Waals surface area contributed by atoms with Gasteiger partial charge >= 0.3 is 6.18 Å². The Labute approximate surface area is 187 Å². The number of carbonyl (C=O) groups excluding carboxylic acids is 1. The number of hydrogen-bond donors (Lipinski definition) is 0. The number of rotatable bonds is 4. The van der Waals surface area contributed by atoms with Crippen molar-refractivity contribution >= 4 is 27.3 Å². The molecule has 2 aromatic carbocycles. The van der Waals surface area contributed by atoms with Gasteiger partial charge in [0.05, 0.1) is 15.3 Å². The van der Waals surface area contributed by atoms with Crippen LogP contribution < -0.4 is 0 Å². The highest BCUT2D eigenvalue weighted by molar-refractivity contribution is 7.89. The Morgan fingerprint density at radius 3 is 2.25 bits per heavy atom. The van der Waals surface area contributed by atoms with Gasteiger partial charge in [-0.3, -0.25) is 4.79 Å². The number of carbonyl (C=O) groups is 1. The van der Waals surface area contributed by atoms with Crippen molar-refractivity contribution in [1.82, 2.24) is 9.21 Å². The second kappa shape index (κ2) is 8.68. The summed E-state index contributed by atoms with van der Waals surface area (Å²) in [4.78, 5) is 14.8. The molecule has 32 heavy (non-hydrogen) atoms. The molecule has 0 atom stereocenters. The van der Waals surface area contributed by atoms with E-state index in [1.54, 1.807) is 4.90 Å². The zero-order valence-corrected chi connectivity index (χ0v) is 18.4. The number of hydrogen-bond acceptors (Lipinski definition) is 4. The average Bonchev–Trinajstić information content (AvgIpc) is 3.29. The summed E-state index contributed by atoms with van der Waals surface area (Å²) in [7, 11) is -4.10. The van der Waals surface area contributed by atoms with Crippen molar-refractivity contribution < 1.29 is 26.4 Å². The topological polar surface area (TPSA) is 57.7 Å². The predicted octanol–water partition coefficient (Wildman–Crippen LogP) is 4.58. The largest absolute Gasteiger partial charge is 0.416 e. The maximum Gasteiger partial charge on any atom is 0.416 e. The van der Waals surface area contributed by atoms with Crippen molar-refractivity contribution in [1.29, 1.82) is 0 Å². The molecule has 2 heterocycles. The van der Waals surface area contributed by atoms with Crippen molar-refractivity contribution in [2.24, 2.45) is 0 Å². The molecule has 1 amide bonds. The number of amides is 1. The van der Waals surface area contributed by atoms with Crippen LogP contribution in [0.4, 0.5) is 13.2 Å². The zero-order chi connectivity index (χ0) is 22.9. The molecule has 5 nitrogen and oxygen atoms in total. The molecule has 168 valence electrons. The summed E-state index contributed by atoms with van der Waals surface area (Å²) in [5.41, 5.74) is 0.723. The molecule has 1 saturated heterocycles. The van der Waals surface area contributed by atoms with E-state index in [1.807, 2.05) is 41.8 Å². The quantitative estimate of drug-likeness (QED) is 0.549. The maximum atomic E-state index is 13.1. The third-order valence-electron chi connectivity index (χ3n) is 5.27. The Morgan fingerprint density at radius 2 is 1.59 bits per heavy atom. The van der Waals surface area contributed by atoms with Crippen LogP contribution in [0.15, 0.2) is 70.9 Å². The van der Waals surface area contributed by atoms with Gasteiger partial charge in [-0.25, -0.2) is 8.42 Å². The molecule has 10 heteroatoms. The normalized spacial score (nSPS) is 15.7. The third-order valence-corrected chi connectivity index (χ3v) is 8.07. The number of sulfonamides is 1. The summed E-state index contributed by atoms with van der Waals surface area (Å²) in [5.74, 6) is -0.185. The van der Waals surface area contributed by atoms with Crippen LogP contribution in [0.1, 0.15) is 15.2 Å². The monoisotopic (exact) mass is 480 g/mol. The smallest absolute Gasteiger partial charge is 0.335 e. The van der Waals surface area contributed by atoms with E-state index in [-0.39, 0.29) is 32.1 Å². The van der Waals surface area contributed by atoms with E-state index in [9.17, 15) is 26.4 Å². The van der Waals surface area contributed by atoms with Gasteiger partial charge in [-0.15, -0.1) is 11.3 Å². The summed E-state index contributed by atoms with van der Waals surface area (Å²) in [6.07, 6.45) is -4.63. The van der Waals surface area contributed by atoms with Gasteiger partial charge in [0.25, 0.3) is 5.91 Å². The second-order valence-corrected chi connectivity index (χ2v) is 10.1. The first-order chi connectivity index (χ1) is 15.2. The minimum atomic E-state index is -4.63. The van der Waals surface area contributed by atoms with Crippen molar-refractivity contribution in [3.8, 4) is 11.1 Å². The Kier molecular flexibility index (Phi) is 6.11. The van der Waals surface area contributed by atoms with Gasteiger partial charge in [-0.1, -0.05) is 36.4 Å². The number of nitrogens with zero attached hydrogens (tertiary/aromatic N) is 2. The lowest BCUT2D eigenvalue weighted by Crippen LogP contribution is -2.50. The molecule has 0 spiro atoms. The van der Waals surface area contributed by atoms with Gasteiger partial charge in [0.1, 0.15) is 0 Å². The van der Waals surface area contributed by atoms with Crippen molar-refractivity contribution in [3.05, 3.63) is 76.5 Å². The summed E-state index contributed by atoms with van der Waals surface area (Å²) in [6.45, 7) is 0.332. The Morgan fingerprint density at radius 1 is 0.906 bits per heavy atom. The molecular weight excluding hydrogens is 461 g/mol. The van der Waals surface area contributed by atoms with Crippen molar-refractivity contribution in [2.75, 3.05) is 26.2 Å². The molecule has 0 N–H and O–H groups in total. The molecule has 0 unspecified atom stereocenters. The van der Waals surface area contributed by atoms with E-state index >= 15 is 0 Å². The molecule has 0 saturated carbocycles. The lowest BCUT2D eigenvalue weighted by atomic mass is 10.1. The van der Waals surface area contributed by atoms with Gasteiger partial charge in [-0.05, 0) is 35.2 Å².